The molecule has 2 unspecified atom stereocenters. The van der Waals surface area contributed by atoms with E-state index >= 15 is 0 Å². The third-order valence-electron chi connectivity index (χ3n) is 5.26. The number of phosphoric acid groups is 1. The lowest BCUT2D eigenvalue weighted by Crippen LogP contribution is -2.13. The summed E-state index contributed by atoms with van der Waals surface area (Å²) in [4.78, 5) is 9.91. The van der Waals surface area contributed by atoms with Crippen LogP contribution in [-0.4, -0.2) is 46.2 Å². The van der Waals surface area contributed by atoms with E-state index in [0.29, 0.717) is 11.9 Å². The van der Waals surface area contributed by atoms with Crippen LogP contribution < -0.4 is 0 Å². The molecule has 0 aliphatic heterocycles. The first-order chi connectivity index (χ1) is 15.1. The second kappa shape index (κ2) is 24.0. The molecule has 0 bridgehead atoms. The summed E-state index contributed by atoms with van der Waals surface area (Å²) in [7, 11) is -3.95. The smallest absolute Gasteiger partial charge is 0.396 e. The number of alkyl halides is 1. The van der Waals surface area contributed by atoms with E-state index in [9.17, 15) is 9.46 Å². The quantitative estimate of drug-likeness (QED) is 0.0688. The summed E-state index contributed by atoms with van der Waals surface area (Å²) in [5, 5.41) is 9.27. The number of thioether (sulfide) groups is 1. The van der Waals surface area contributed by atoms with Crippen LogP contribution in [0.4, 0.5) is 0 Å². The van der Waals surface area contributed by atoms with Gasteiger partial charge in [-0.15, -0.1) is 0 Å². The van der Waals surface area contributed by atoms with Gasteiger partial charge in [0.05, 0.1) is 12.7 Å². The normalized spacial score (nSPS) is 14.6. The molecule has 0 rings (SSSR count). The van der Waals surface area contributed by atoms with Crippen molar-refractivity contribution in [2.75, 3.05) is 30.0 Å². The monoisotopic (exact) mass is 546 g/mol. The fourth-order valence-electron chi connectivity index (χ4n) is 3.50. The number of halogens is 1. The third kappa shape index (κ3) is 23.8. The van der Waals surface area contributed by atoms with E-state index in [1.165, 1.54) is 63.5 Å². The van der Waals surface area contributed by atoms with E-state index in [1.807, 2.05) is 11.8 Å². The molecule has 0 aromatic carbocycles. The van der Waals surface area contributed by atoms with E-state index in [1.54, 1.807) is 0 Å². The van der Waals surface area contributed by atoms with Gasteiger partial charge in [-0.05, 0) is 37.2 Å². The maximum atomic E-state index is 12.1. The second-order valence-electron chi connectivity index (χ2n) is 8.23. The molecule has 0 aromatic heterocycles. The fourth-order valence-corrected chi connectivity index (χ4v) is 5.83. The molecule has 31 heavy (non-hydrogen) atoms. The Balaban J connectivity index is 3.79. The third-order valence-corrected chi connectivity index (χ3v) is 7.81. The molecule has 2 N–H and O–H groups in total. The zero-order valence-corrected chi connectivity index (χ0v) is 23.1. The highest BCUT2D eigenvalue weighted by atomic mass is 79.9. The van der Waals surface area contributed by atoms with Crippen LogP contribution in [0, 0.1) is 0 Å². The van der Waals surface area contributed by atoms with Crippen molar-refractivity contribution in [1.29, 1.82) is 0 Å². The summed E-state index contributed by atoms with van der Waals surface area (Å²) >= 11 is 5.16. The largest absolute Gasteiger partial charge is 0.472 e. The maximum absolute atomic E-state index is 12.1. The molecule has 0 aromatic rings. The Morgan fingerprint density at radius 3 is 1.90 bits per heavy atom. The van der Waals surface area contributed by atoms with Crippen molar-refractivity contribution in [1.82, 2.24) is 0 Å². The molecule has 0 spiro atoms. The Hall–Kier alpha value is 0.900. The van der Waals surface area contributed by atoms with Gasteiger partial charge < -0.3 is 10.00 Å². The Morgan fingerprint density at radius 1 is 0.839 bits per heavy atom. The second-order valence-corrected chi connectivity index (χ2v) is 11.7. The molecule has 0 amide bonds. The summed E-state index contributed by atoms with van der Waals surface area (Å²) in [6, 6.07) is 0. The number of phosphoric ester groups is 1. The highest BCUT2D eigenvalue weighted by Crippen LogP contribution is 2.46. The van der Waals surface area contributed by atoms with Gasteiger partial charge in [0, 0.05) is 11.9 Å². The Kier molecular flexibility index (Phi) is 24.7. The molecule has 0 heterocycles. The van der Waals surface area contributed by atoms with Crippen molar-refractivity contribution in [2.24, 2.45) is 0 Å². The van der Waals surface area contributed by atoms with Crippen LogP contribution in [0.5, 0.6) is 0 Å². The highest BCUT2D eigenvalue weighted by molar-refractivity contribution is 9.09. The van der Waals surface area contributed by atoms with Crippen molar-refractivity contribution < 1.29 is 23.6 Å². The molecule has 0 fully saturated rings. The number of aliphatic hydroxyl groups is 1. The van der Waals surface area contributed by atoms with Crippen LogP contribution in [0.15, 0.2) is 0 Å². The molecule has 0 saturated carbocycles. The Bertz CT molecular complexity index is 417. The van der Waals surface area contributed by atoms with Crippen LogP contribution in [0.3, 0.4) is 0 Å². The molecule has 0 aliphatic carbocycles. The van der Waals surface area contributed by atoms with Gasteiger partial charge in [0.15, 0.2) is 0 Å². The molecule has 8 heteroatoms. The van der Waals surface area contributed by atoms with Crippen molar-refractivity contribution in [3.63, 3.8) is 0 Å². The van der Waals surface area contributed by atoms with Crippen molar-refractivity contribution in [3.05, 3.63) is 0 Å². The fraction of sp³-hybridized carbons (Fsp3) is 1.00. The highest BCUT2D eigenvalue weighted by Gasteiger charge is 2.25. The van der Waals surface area contributed by atoms with Gasteiger partial charge in [-0.1, -0.05) is 99.9 Å². The lowest BCUT2D eigenvalue weighted by Gasteiger charge is -2.20. The van der Waals surface area contributed by atoms with Crippen LogP contribution in [0.1, 0.15) is 110 Å². The van der Waals surface area contributed by atoms with Crippen molar-refractivity contribution in [3.8, 4) is 0 Å². The predicted molar refractivity (Wildman–Crippen MR) is 138 cm³/mol. The number of unbranched alkanes of at least 4 members (excludes halogenated alkanes) is 11. The van der Waals surface area contributed by atoms with Gasteiger partial charge in [0.2, 0.25) is 0 Å². The minimum atomic E-state index is -3.95. The van der Waals surface area contributed by atoms with Gasteiger partial charge in [-0.3, -0.25) is 9.05 Å². The molecular formula is C23H48BrO5PS. The van der Waals surface area contributed by atoms with Crippen LogP contribution in [-0.2, 0) is 13.6 Å². The summed E-state index contributed by atoms with van der Waals surface area (Å²) in [5.41, 5.74) is 0. The summed E-state index contributed by atoms with van der Waals surface area (Å²) < 4.78 is 22.6. The number of aliphatic hydroxyl groups excluding tert-OH is 1. The zero-order chi connectivity index (χ0) is 23.0. The first-order valence-electron chi connectivity index (χ1n) is 12.5. The first kappa shape index (κ1) is 31.9. The average molecular weight is 548 g/mol. The first-order valence-corrected chi connectivity index (χ1v) is 16.2. The van der Waals surface area contributed by atoms with Crippen molar-refractivity contribution in [2.45, 2.75) is 116 Å². The van der Waals surface area contributed by atoms with E-state index < -0.39 is 7.82 Å². The minimum Gasteiger partial charge on any atom is -0.396 e. The topological polar surface area (TPSA) is 76.0 Å². The standard InChI is InChI=1S/C23H48BrO5PS/c1-2-3-4-12-16-23(29-30(26,27)28-20-18-24)17-13-10-8-6-5-7-9-11-14-21-31-22-15-19-25/h23,25H,2-22H2,1H3,(H,26,27). The average Bonchev–Trinajstić information content (AvgIpc) is 2.75. The van der Waals surface area contributed by atoms with E-state index in [0.717, 1.165) is 50.7 Å². The minimum absolute atomic E-state index is 0.179. The van der Waals surface area contributed by atoms with Crippen LogP contribution >= 0.6 is 35.5 Å². The van der Waals surface area contributed by atoms with E-state index in [4.69, 9.17) is 14.2 Å². The molecule has 0 saturated heterocycles. The Labute approximate surface area is 204 Å². The lowest BCUT2D eigenvalue weighted by molar-refractivity contribution is 0.0946. The Morgan fingerprint density at radius 2 is 1.35 bits per heavy atom. The van der Waals surface area contributed by atoms with Gasteiger partial charge in [0.25, 0.3) is 0 Å². The molecule has 2 atom stereocenters. The molecule has 5 nitrogen and oxygen atoms in total. The molecular weight excluding hydrogens is 499 g/mol. The summed E-state index contributed by atoms with van der Waals surface area (Å²) in [6.07, 6.45) is 18.3. The van der Waals surface area contributed by atoms with Gasteiger partial charge >= 0.3 is 7.82 Å². The SMILES string of the molecule is CCCCCCC(CCCCCCCCCCCSCCCO)OP(=O)(O)OCCBr. The molecule has 0 aliphatic rings. The summed E-state index contributed by atoms with van der Waals surface area (Å²) in [6.45, 7) is 2.68. The van der Waals surface area contributed by atoms with Crippen LogP contribution in [0.25, 0.3) is 0 Å². The molecule has 0 radical (unpaired) electrons. The lowest BCUT2D eigenvalue weighted by atomic mass is 10.0. The summed E-state index contributed by atoms with van der Waals surface area (Å²) in [5.74, 6) is 2.31. The molecule has 188 valence electrons. The van der Waals surface area contributed by atoms with Crippen molar-refractivity contribution >= 4 is 35.5 Å². The van der Waals surface area contributed by atoms with E-state index in [-0.39, 0.29) is 12.7 Å². The number of rotatable bonds is 25. The van der Waals surface area contributed by atoms with Gasteiger partial charge in [0.1, 0.15) is 0 Å². The van der Waals surface area contributed by atoms with Crippen LogP contribution in [0.2, 0.25) is 0 Å². The van der Waals surface area contributed by atoms with Gasteiger partial charge in [-0.2, -0.15) is 11.8 Å². The number of hydrogen-bond donors (Lipinski definition) is 2. The number of hydrogen-bond acceptors (Lipinski definition) is 5. The van der Waals surface area contributed by atoms with Gasteiger partial charge in [-0.25, -0.2) is 4.57 Å². The zero-order valence-electron chi connectivity index (χ0n) is 19.8. The predicted octanol–water partition coefficient (Wildman–Crippen LogP) is 7.87. The van der Waals surface area contributed by atoms with E-state index in [2.05, 4.69) is 22.9 Å². The maximum Gasteiger partial charge on any atom is 0.472 e.